The molecule has 110 valence electrons. The van der Waals surface area contributed by atoms with E-state index in [0.29, 0.717) is 0 Å². The Hall–Kier alpha value is -0.120. The van der Waals surface area contributed by atoms with Gasteiger partial charge in [0, 0.05) is 6.42 Å². The van der Waals surface area contributed by atoms with Gasteiger partial charge in [0.05, 0.1) is 0 Å². The lowest BCUT2D eigenvalue weighted by Gasteiger charge is -2.23. The number of hydrogen-bond acceptors (Lipinski definition) is 2. The zero-order chi connectivity index (χ0) is 13.9. The molecular weight excluding hydrogens is 226 g/mol. The fraction of sp³-hybridized carbons (Fsp3) is 1.00. The summed E-state index contributed by atoms with van der Waals surface area (Å²) in [6, 6.07) is -0.0842. The van der Waals surface area contributed by atoms with E-state index in [-0.39, 0.29) is 6.04 Å². The molecule has 0 aromatic carbocycles. The first-order valence-electron chi connectivity index (χ1n) is 7.80. The van der Waals surface area contributed by atoms with Crippen LogP contribution in [0.1, 0.15) is 84.5 Å². The molecule has 3 heteroatoms. The molecule has 0 aliphatic carbocycles. The van der Waals surface area contributed by atoms with Crippen molar-refractivity contribution in [3.63, 3.8) is 0 Å². The van der Waals surface area contributed by atoms with Gasteiger partial charge >= 0.3 is 0 Å². The molecule has 2 N–H and O–H groups in total. The number of nitrogens with zero attached hydrogens (tertiary/aromatic N) is 1. The van der Waals surface area contributed by atoms with E-state index < -0.39 is 4.81 Å². The van der Waals surface area contributed by atoms with Gasteiger partial charge in [0.25, 0.3) is 0 Å². The van der Waals surface area contributed by atoms with E-state index in [9.17, 15) is 10.4 Å². The molecule has 0 spiro atoms. The second-order valence-electron chi connectivity index (χ2n) is 5.80. The maximum atomic E-state index is 9.32. The molecule has 1 unspecified atom stereocenters. The van der Waals surface area contributed by atoms with E-state index in [1.165, 1.54) is 64.8 Å². The molecule has 3 nitrogen and oxygen atoms in total. The van der Waals surface area contributed by atoms with Crippen molar-refractivity contribution in [2.45, 2.75) is 90.5 Å². The SMILES string of the molecule is CCCCCCCCCCCCC(C)[N+](C)(O)O. The highest BCUT2D eigenvalue weighted by Crippen LogP contribution is 2.14. The summed E-state index contributed by atoms with van der Waals surface area (Å²) in [4.78, 5) is -0.891. The molecule has 1 atom stereocenters. The minimum Gasteiger partial charge on any atom is -0.182 e. The smallest absolute Gasteiger partial charge is 0.149 e. The lowest BCUT2D eigenvalue weighted by molar-refractivity contribution is -1.25. The van der Waals surface area contributed by atoms with E-state index in [2.05, 4.69) is 6.92 Å². The van der Waals surface area contributed by atoms with Gasteiger partial charge in [-0.2, -0.15) is 10.4 Å². The number of quaternary nitrogens is 1. The predicted octanol–water partition coefficient (Wildman–Crippen LogP) is 4.91. The number of hydrogen-bond donors (Lipinski definition) is 2. The van der Waals surface area contributed by atoms with Gasteiger partial charge in [-0.1, -0.05) is 64.7 Å². The summed E-state index contributed by atoms with van der Waals surface area (Å²) in [6.07, 6.45) is 14.1. The molecule has 0 amide bonds. The second-order valence-corrected chi connectivity index (χ2v) is 5.80. The molecule has 0 heterocycles. The summed E-state index contributed by atoms with van der Waals surface area (Å²) in [6.45, 7) is 4.14. The zero-order valence-electron chi connectivity index (χ0n) is 12.7. The van der Waals surface area contributed by atoms with Gasteiger partial charge < -0.3 is 0 Å². The van der Waals surface area contributed by atoms with Crippen LogP contribution in [0.4, 0.5) is 0 Å². The van der Waals surface area contributed by atoms with Crippen LogP contribution in [0.15, 0.2) is 0 Å². The molecule has 0 saturated carbocycles. The minimum atomic E-state index is -0.891. The third-order valence-electron chi connectivity index (χ3n) is 3.81. The lowest BCUT2D eigenvalue weighted by Crippen LogP contribution is -2.44. The molecule has 0 aromatic rings. The fourth-order valence-corrected chi connectivity index (χ4v) is 2.17. The average Bonchev–Trinajstić information content (AvgIpc) is 2.30. The van der Waals surface area contributed by atoms with Gasteiger partial charge in [0.15, 0.2) is 0 Å². The van der Waals surface area contributed by atoms with Crippen LogP contribution in [0.5, 0.6) is 0 Å². The van der Waals surface area contributed by atoms with E-state index in [1.54, 1.807) is 0 Å². The molecule has 0 aliphatic heterocycles. The quantitative estimate of drug-likeness (QED) is 0.297. The number of hydroxylamine groups is 4. The van der Waals surface area contributed by atoms with Gasteiger partial charge in [0.2, 0.25) is 0 Å². The maximum Gasteiger partial charge on any atom is 0.149 e. The Balaban J connectivity index is 3.17. The highest BCUT2D eigenvalue weighted by Gasteiger charge is 2.24. The molecule has 0 rings (SSSR count). The van der Waals surface area contributed by atoms with Crippen LogP contribution in [0.3, 0.4) is 0 Å². The van der Waals surface area contributed by atoms with E-state index in [4.69, 9.17) is 0 Å². The molecule has 0 saturated heterocycles. The van der Waals surface area contributed by atoms with Crippen LogP contribution >= 0.6 is 0 Å². The van der Waals surface area contributed by atoms with Crippen molar-refractivity contribution in [3.8, 4) is 0 Å². The Kier molecular flexibility index (Phi) is 10.7. The monoisotopic (exact) mass is 260 g/mol. The van der Waals surface area contributed by atoms with Crippen molar-refractivity contribution in [2.24, 2.45) is 0 Å². The average molecular weight is 260 g/mol. The minimum absolute atomic E-state index is 0.0842. The maximum absolute atomic E-state index is 9.32. The summed E-state index contributed by atoms with van der Waals surface area (Å²) in [5.41, 5.74) is 0. The van der Waals surface area contributed by atoms with E-state index in [1.807, 2.05) is 6.92 Å². The first-order valence-corrected chi connectivity index (χ1v) is 7.80. The molecule has 0 fully saturated rings. The Morgan fingerprint density at radius 1 is 0.778 bits per heavy atom. The van der Waals surface area contributed by atoms with Gasteiger partial charge in [-0.3, -0.25) is 0 Å². The van der Waals surface area contributed by atoms with Gasteiger partial charge in [-0.05, 0) is 18.2 Å². The topological polar surface area (TPSA) is 40.5 Å². The Labute approximate surface area is 113 Å². The molecule has 18 heavy (non-hydrogen) atoms. The zero-order valence-corrected chi connectivity index (χ0v) is 12.7. The van der Waals surface area contributed by atoms with Gasteiger partial charge in [-0.25, -0.2) is 0 Å². The first-order chi connectivity index (χ1) is 8.48. The van der Waals surface area contributed by atoms with E-state index in [0.717, 1.165) is 12.8 Å². The van der Waals surface area contributed by atoms with Crippen LogP contribution in [-0.2, 0) is 0 Å². The van der Waals surface area contributed by atoms with Crippen molar-refractivity contribution in [1.82, 2.24) is 0 Å². The van der Waals surface area contributed by atoms with Crippen molar-refractivity contribution < 1.29 is 15.2 Å². The Bertz CT molecular complexity index is 178. The molecular formula is C15H34NO2+. The van der Waals surface area contributed by atoms with Gasteiger partial charge in [-0.15, -0.1) is 0 Å². The van der Waals surface area contributed by atoms with Crippen molar-refractivity contribution in [3.05, 3.63) is 0 Å². The number of rotatable bonds is 12. The highest BCUT2D eigenvalue weighted by atomic mass is 16.8. The third-order valence-corrected chi connectivity index (χ3v) is 3.81. The predicted molar refractivity (Wildman–Crippen MR) is 75.7 cm³/mol. The van der Waals surface area contributed by atoms with Crippen molar-refractivity contribution in [1.29, 1.82) is 0 Å². The standard InChI is InChI=1S/C15H34NO2/c1-4-5-6-7-8-9-10-11-12-13-14-15(2)16(3,17)18/h15,17-18H,4-14H2,1-3H3/q+1. The van der Waals surface area contributed by atoms with Crippen LogP contribution in [0.25, 0.3) is 0 Å². The summed E-state index contributed by atoms with van der Waals surface area (Å²) < 4.78 is 0. The van der Waals surface area contributed by atoms with Crippen LogP contribution < -0.4 is 0 Å². The molecule has 0 bridgehead atoms. The van der Waals surface area contributed by atoms with Crippen LogP contribution in [0, 0.1) is 0 Å². The van der Waals surface area contributed by atoms with Gasteiger partial charge in [0.1, 0.15) is 13.1 Å². The highest BCUT2D eigenvalue weighted by molar-refractivity contribution is 4.51. The fourth-order valence-electron chi connectivity index (χ4n) is 2.17. The summed E-state index contributed by atoms with van der Waals surface area (Å²) in [7, 11) is 1.42. The van der Waals surface area contributed by atoms with Crippen molar-refractivity contribution >= 4 is 0 Å². The van der Waals surface area contributed by atoms with Crippen LogP contribution in [-0.4, -0.2) is 28.3 Å². The first kappa shape index (κ1) is 17.9. The lowest BCUT2D eigenvalue weighted by atomic mass is 10.0. The summed E-state index contributed by atoms with van der Waals surface area (Å²) in [5.74, 6) is 0. The summed E-state index contributed by atoms with van der Waals surface area (Å²) in [5, 5.41) is 18.6. The Morgan fingerprint density at radius 3 is 1.56 bits per heavy atom. The third kappa shape index (κ3) is 11.0. The number of unbranched alkanes of at least 4 members (excludes halogenated alkanes) is 9. The van der Waals surface area contributed by atoms with Crippen LogP contribution in [0.2, 0.25) is 0 Å². The second kappa shape index (κ2) is 10.8. The molecule has 0 radical (unpaired) electrons. The largest absolute Gasteiger partial charge is 0.182 e. The summed E-state index contributed by atoms with van der Waals surface area (Å²) >= 11 is 0. The molecule has 0 aromatic heterocycles. The normalized spacial score (nSPS) is 13.8. The Morgan fingerprint density at radius 2 is 1.17 bits per heavy atom. The molecule has 0 aliphatic rings. The van der Waals surface area contributed by atoms with E-state index >= 15 is 0 Å². The van der Waals surface area contributed by atoms with Crippen molar-refractivity contribution in [2.75, 3.05) is 7.05 Å².